The van der Waals surface area contributed by atoms with E-state index in [9.17, 15) is 5.11 Å². The summed E-state index contributed by atoms with van der Waals surface area (Å²) < 4.78 is 5.62. The van der Waals surface area contributed by atoms with Crippen LogP contribution in [0, 0.1) is 0 Å². The van der Waals surface area contributed by atoms with Crippen molar-refractivity contribution in [2.75, 3.05) is 24.6 Å². The second-order valence-electron chi connectivity index (χ2n) is 4.57. The summed E-state index contributed by atoms with van der Waals surface area (Å²) >= 11 is 0. The second kappa shape index (κ2) is 5.47. The van der Waals surface area contributed by atoms with E-state index in [0.29, 0.717) is 0 Å². The van der Waals surface area contributed by atoms with Gasteiger partial charge in [-0.05, 0) is 26.3 Å². The maximum atomic E-state index is 9.77. The molecule has 1 aliphatic heterocycles. The highest BCUT2D eigenvalue weighted by atomic mass is 16.5. The minimum absolute atomic E-state index is 0.210. The fourth-order valence-electron chi connectivity index (χ4n) is 2.19. The van der Waals surface area contributed by atoms with Crippen molar-refractivity contribution in [3.8, 4) is 0 Å². The molecule has 17 heavy (non-hydrogen) atoms. The normalized spacial score (nSPS) is 23.2. The van der Waals surface area contributed by atoms with Crippen LogP contribution in [-0.2, 0) is 4.74 Å². The zero-order valence-corrected chi connectivity index (χ0v) is 10.5. The Bertz CT molecular complexity index is 368. The van der Waals surface area contributed by atoms with Crippen LogP contribution < -0.4 is 4.90 Å². The Labute approximate surface area is 102 Å². The van der Waals surface area contributed by atoms with Crippen LogP contribution in [0.4, 0.5) is 5.82 Å². The minimum atomic E-state index is -0.488. The van der Waals surface area contributed by atoms with E-state index in [4.69, 9.17) is 4.74 Å². The van der Waals surface area contributed by atoms with Gasteiger partial charge in [-0.15, -0.1) is 0 Å². The summed E-state index contributed by atoms with van der Waals surface area (Å²) in [4.78, 5) is 6.62. The van der Waals surface area contributed by atoms with Crippen molar-refractivity contribution in [1.82, 2.24) is 4.98 Å². The number of aliphatic hydroxyl groups excluding tert-OH is 1. The van der Waals surface area contributed by atoms with E-state index >= 15 is 0 Å². The van der Waals surface area contributed by atoms with Crippen molar-refractivity contribution >= 4 is 5.82 Å². The molecule has 1 fully saturated rings. The Hall–Kier alpha value is -1.13. The third-order valence-electron chi connectivity index (χ3n) is 3.02. The molecular weight excluding hydrogens is 216 g/mol. The van der Waals surface area contributed by atoms with Gasteiger partial charge in [-0.1, -0.05) is 6.07 Å². The molecule has 0 bridgehead atoms. The molecule has 2 unspecified atom stereocenters. The number of ether oxygens (including phenoxy) is 1. The van der Waals surface area contributed by atoms with Gasteiger partial charge in [0.05, 0.1) is 12.2 Å². The third kappa shape index (κ3) is 2.96. The molecule has 0 radical (unpaired) electrons. The number of anilines is 1. The fourth-order valence-corrected chi connectivity index (χ4v) is 2.19. The molecule has 0 spiro atoms. The monoisotopic (exact) mass is 236 g/mol. The Kier molecular flexibility index (Phi) is 3.97. The van der Waals surface area contributed by atoms with Gasteiger partial charge < -0.3 is 14.7 Å². The van der Waals surface area contributed by atoms with Crippen LogP contribution in [0.25, 0.3) is 0 Å². The predicted molar refractivity (Wildman–Crippen MR) is 67.1 cm³/mol. The zero-order valence-electron chi connectivity index (χ0n) is 10.5. The van der Waals surface area contributed by atoms with E-state index in [1.807, 2.05) is 12.1 Å². The van der Waals surface area contributed by atoms with Gasteiger partial charge in [0.1, 0.15) is 5.82 Å². The largest absolute Gasteiger partial charge is 0.389 e. The predicted octanol–water partition coefficient (Wildman–Crippen LogP) is 1.75. The van der Waals surface area contributed by atoms with Crippen LogP contribution in [0.5, 0.6) is 0 Å². The number of nitrogens with zero attached hydrogens (tertiary/aromatic N) is 2. The van der Waals surface area contributed by atoms with E-state index < -0.39 is 6.10 Å². The number of aromatic nitrogens is 1. The minimum Gasteiger partial charge on any atom is -0.389 e. The molecule has 0 saturated carbocycles. The van der Waals surface area contributed by atoms with Gasteiger partial charge in [-0.2, -0.15) is 0 Å². The van der Waals surface area contributed by atoms with Crippen molar-refractivity contribution in [2.45, 2.75) is 32.5 Å². The lowest BCUT2D eigenvalue weighted by molar-refractivity contribution is 0.0820. The van der Waals surface area contributed by atoms with E-state index in [1.54, 1.807) is 13.1 Å². The summed E-state index contributed by atoms with van der Waals surface area (Å²) in [6, 6.07) is 3.80. The molecule has 4 heteroatoms. The van der Waals surface area contributed by atoms with Crippen molar-refractivity contribution in [3.05, 3.63) is 23.9 Å². The van der Waals surface area contributed by atoms with Gasteiger partial charge >= 0.3 is 0 Å². The van der Waals surface area contributed by atoms with Gasteiger partial charge in [0.2, 0.25) is 0 Å². The summed E-state index contributed by atoms with van der Waals surface area (Å²) in [5.74, 6) is 0.889. The van der Waals surface area contributed by atoms with Gasteiger partial charge in [-0.25, -0.2) is 4.98 Å². The molecule has 1 N–H and O–H groups in total. The first kappa shape index (κ1) is 12.3. The van der Waals surface area contributed by atoms with Crippen LogP contribution >= 0.6 is 0 Å². The van der Waals surface area contributed by atoms with Gasteiger partial charge in [-0.3, -0.25) is 0 Å². The molecular formula is C13H20N2O2. The van der Waals surface area contributed by atoms with Gasteiger partial charge in [0.25, 0.3) is 0 Å². The molecule has 4 nitrogen and oxygen atoms in total. The molecule has 94 valence electrons. The fraction of sp³-hybridized carbons (Fsp3) is 0.615. The lowest BCUT2D eigenvalue weighted by atomic mass is 10.1. The van der Waals surface area contributed by atoms with Crippen LogP contribution in [-0.4, -0.2) is 35.9 Å². The molecule has 2 heterocycles. The summed E-state index contributed by atoms with van der Waals surface area (Å²) in [5, 5.41) is 9.77. The first-order valence-corrected chi connectivity index (χ1v) is 6.18. The molecule has 2 atom stereocenters. The Morgan fingerprint density at radius 3 is 3.18 bits per heavy atom. The number of hydrogen-bond acceptors (Lipinski definition) is 4. The highest BCUT2D eigenvalue weighted by molar-refractivity contribution is 5.48. The molecule has 1 aliphatic rings. The summed E-state index contributed by atoms with van der Waals surface area (Å²) in [6.45, 7) is 6.41. The SMILES string of the molecule is CC1CN(c2ncccc2C(C)O)CCCO1. The standard InChI is InChI=1S/C13H20N2O2/c1-10-9-15(7-4-8-17-10)13-12(11(2)16)5-3-6-14-13/h3,5-6,10-11,16H,4,7-9H2,1-2H3. The Balaban J connectivity index is 2.25. The third-order valence-corrected chi connectivity index (χ3v) is 3.02. The first-order chi connectivity index (χ1) is 8.18. The van der Waals surface area contributed by atoms with Gasteiger partial charge in [0, 0.05) is 31.5 Å². The topological polar surface area (TPSA) is 45.6 Å². The molecule has 1 saturated heterocycles. The van der Waals surface area contributed by atoms with Crippen molar-refractivity contribution in [2.24, 2.45) is 0 Å². The molecule has 1 aromatic rings. The average molecular weight is 236 g/mol. The average Bonchev–Trinajstić information content (AvgIpc) is 2.54. The Morgan fingerprint density at radius 1 is 1.59 bits per heavy atom. The Morgan fingerprint density at radius 2 is 2.41 bits per heavy atom. The van der Waals surface area contributed by atoms with Crippen molar-refractivity contribution in [1.29, 1.82) is 0 Å². The van der Waals surface area contributed by atoms with E-state index in [2.05, 4.69) is 16.8 Å². The van der Waals surface area contributed by atoms with Crippen LogP contribution in [0.15, 0.2) is 18.3 Å². The number of rotatable bonds is 2. The molecule has 0 aromatic carbocycles. The number of aliphatic hydroxyl groups is 1. The molecule has 0 amide bonds. The summed E-state index contributed by atoms with van der Waals surface area (Å²) in [5.41, 5.74) is 0.890. The van der Waals surface area contributed by atoms with E-state index in [-0.39, 0.29) is 6.10 Å². The first-order valence-electron chi connectivity index (χ1n) is 6.18. The number of hydrogen-bond donors (Lipinski definition) is 1. The summed E-state index contributed by atoms with van der Waals surface area (Å²) in [6.07, 6.45) is 2.50. The maximum absolute atomic E-state index is 9.77. The van der Waals surface area contributed by atoms with Crippen LogP contribution in [0.2, 0.25) is 0 Å². The zero-order chi connectivity index (χ0) is 12.3. The molecule has 2 rings (SSSR count). The lowest BCUT2D eigenvalue weighted by Gasteiger charge is -2.26. The number of pyridine rings is 1. The molecule has 0 aliphatic carbocycles. The summed E-state index contributed by atoms with van der Waals surface area (Å²) in [7, 11) is 0. The van der Waals surface area contributed by atoms with Gasteiger partial charge in [0.15, 0.2) is 0 Å². The van der Waals surface area contributed by atoms with E-state index in [0.717, 1.165) is 37.5 Å². The highest BCUT2D eigenvalue weighted by Gasteiger charge is 2.20. The quantitative estimate of drug-likeness (QED) is 0.849. The smallest absolute Gasteiger partial charge is 0.134 e. The van der Waals surface area contributed by atoms with E-state index in [1.165, 1.54) is 0 Å². The van der Waals surface area contributed by atoms with Crippen molar-refractivity contribution in [3.63, 3.8) is 0 Å². The maximum Gasteiger partial charge on any atom is 0.134 e. The van der Waals surface area contributed by atoms with Crippen LogP contribution in [0.1, 0.15) is 31.9 Å². The van der Waals surface area contributed by atoms with Crippen LogP contribution in [0.3, 0.4) is 0 Å². The molecule has 1 aromatic heterocycles. The lowest BCUT2D eigenvalue weighted by Crippen LogP contribution is -2.31. The van der Waals surface area contributed by atoms with Crippen molar-refractivity contribution < 1.29 is 9.84 Å². The highest BCUT2D eigenvalue weighted by Crippen LogP contribution is 2.25. The second-order valence-corrected chi connectivity index (χ2v) is 4.57.